The van der Waals surface area contributed by atoms with Gasteiger partial charge in [-0.05, 0) is 42.7 Å². The van der Waals surface area contributed by atoms with Gasteiger partial charge in [0.15, 0.2) is 11.5 Å². The van der Waals surface area contributed by atoms with Crippen molar-refractivity contribution in [2.45, 2.75) is 25.4 Å². The van der Waals surface area contributed by atoms with E-state index in [1.807, 2.05) is 18.2 Å². The Hall–Kier alpha value is -2.76. The fourth-order valence-electron chi connectivity index (χ4n) is 2.45. The number of carbonyl (C=O) groups is 1. The Morgan fingerprint density at radius 1 is 1.22 bits per heavy atom. The Morgan fingerprint density at radius 2 is 2.09 bits per heavy atom. The van der Waals surface area contributed by atoms with Crippen molar-refractivity contribution in [1.29, 1.82) is 0 Å². The third-order valence-electron chi connectivity index (χ3n) is 3.86. The first kappa shape index (κ1) is 13.9. The zero-order valence-electron chi connectivity index (χ0n) is 12.5. The van der Waals surface area contributed by atoms with E-state index in [1.165, 1.54) is 0 Å². The summed E-state index contributed by atoms with van der Waals surface area (Å²) in [6, 6.07) is 9.66. The first-order valence-corrected chi connectivity index (χ1v) is 7.68. The Bertz CT molecular complexity index is 744. The summed E-state index contributed by atoms with van der Waals surface area (Å²) < 4.78 is 10.6. The van der Waals surface area contributed by atoms with Crippen LogP contribution in [0.5, 0.6) is 11.5 Å². The lowest BCUT2D eigenvalue weighted by Gasteiger charge is -2.11. The molecule has 2 aromatic rings. The molecule has 0 radical (unpaired) electrons. The molecule has 118 valence electrons. The molecule has 6 heteroatoms. The summed E-state index contributed by atoms with van der Waals surface area (Å²) in [4.78, 5) is 16.7. The van der Waals surface area contributed by atoms with Gasteiger partial charge in [-0.3, -0.25) is 4.79 Å². The van der Waals surface area contributed by atoms with E-state index in [0.717, 1.165) is 24.2 Å². The van der Waals surface area contributed by atoms with Crippen molar-refractivity contribution in [2.24, 2.45) is 0 Å². The molecule has 2 heterocycles. The highest BCUT2D eigenvalue weighted by Crippen LogP contribution is 2.32. The predicted molar refractivity (Wildman–Crippen MR) is 84.6 cm³/mol. The molecule has 1 aromatic heterocycles. The van der Waals surface area contributed by atoms with E-state index < -0.39 is 0 Å². The molecule has 0 bridgehead atoms. The van der Waals surface area contributed by atoms with Gasteiger partial charge in [0.05, 0.1) is 5.56 Å². The van der Waals surface area contributed by atoms with Crippen LogP contribution in [0.15, 0.2) is 36.5 Å². The fourth-order valence-corrected chi connectivity index (χ4v) is 2.45. The smallest absolute Gasteiger partial charge is 0.255 e. The lowest BCUT2D eigenvalue weighted by atomic mass is 10.2. The maximum absolute atomic E-state index is 12.4. The molecule has 1 aromatic carbocycles. The lowest BCUT2D eigenvalue weighted by molar-refractivity contribution is 0.0951. The first-order chi connectivity index (χ1) is 11.3. The van der Waals surface area contributed by atoms with Gasteiger partial charge in [0.25, 0.3) is 5.91 Å². The zero-order valence-corrected chi connectivity index (χ0v) is 12.5. The van der Waals surface area contributed by atoms with E-state index in [1.54, 1.807) is 18.3 Å². The van der Waals surface area contributed by atoms with Crippen LogP contribution in [0.1, 0.15) is 28.8 Å². The van der Waals surface area contributed by atoms with Crippen molar-refractivity contribution in [3.05, 3.63) is 47.7 Å². The minimum atomic E-state index is -0.140. The van der Waals surface area contributed by atoms with Crippen LogP contribution in [0.25, 0.3) is 0 Å². The van der Waals surface area contributed by atoms with Gasteiger partial charge < -0.3 is 20.1 Å². The quantitative estimate of drug-likeness (QED) is 0.886. The average molecular weight is 311 g/mol. The molecule has 1 fully saturated rings. The number of carbonyl (C=O) groups excluding carboxylic acids is 1. The third kappa shape index (κ3) is 3.06. The number of fused-ring (bicyclic) bond motifs is 1. The minimum absolute atomic E-state index is 0.140. The highest BCUT2D eigenvalue weighted by Gasteiger charge is 2.23. The van der Waals surface area contributed by atoms with E-state index in [4.69, 9.17) is 9.47 Å². The standard InChI is InChI=1S/C17H17N3O3/c21-17(13-2-1-7-18-16(13)20-12-4-5-12)19-9-11-3-6-14-15(8-11)23-10-22-14/h1-3,6-8,12H,4-5,9-10H2,(H,18,20)(H,19,21). The van der Waals surface area contributed by atoms with Crippen LogP contribution >= 0.6 is 0 Å². The Morgan fingerprint density at radius 3 is 2.96 bits per heavy atom. The molecule has 1 aliphatic carbocycles. The topological polar surface area (TPSA) is 72.5 Å². The maximum Gasteiger partial charge on any atom is 0.255 e. The van der Waals surface area contributed by atoms with Crippen LogP contribution in [0.3, 0.4) is 0 Å². The number of nitrogens with one attached hydrogen (secondary N) is 2. The highest BCUT2D eigenvalue weighted by molar-refractivity contribution is 5.98. The van der Waals surface area contributed by atoms with Crippen molar-refractivity contribution < 1.29 is 14.3 Å². The molecule has 2 aliphatic rings. The Balaban J connectivity index is 1.43. The van der Waals surface area contributed by atoms with Crippen LogP contribution in [0, 0.1) is 0 Å². The van der Waals surface area contributed by atoms with E-state index in [0.29, 0.717) is 29.7 Å². The predicted octanol–water partition coefficient (Wildman–Crippen LogP) is 2.31. The van der Waals surface area contributed by atoms with Gasteiger partial charge in [0, 0.05) is 18.8 Å². The molecule has 0 spiro atoms. The van der Waals surface area contributed by atoms with Crippen LogP contribution in [0.2, 0.25) is 0 Å². The summed E-state index contributed by atoms with van der Waals surface area (Å²) in [5.41, 5.74) is 1.53. The SMILES string of the molecule is O=C(NCc1ccc2c(c1)OCO2)c1cccnc1NC1CC1. The van der Waals surface area contributed by atoms with Crippen LogP contribution in [0.4, 0.5) is 5.82 Å². The van der Waals surface area contributed by atoms with Crippen molar-refractivity contribution >= 4 is 11.7 Å². The molecule has 0 unspecified atom stereocenters. The summed E-state index contributed by atoms with van der Waals surface area (Å²) in [6.07, 6.45) is 3.96. The van der Waals surface area contributed by atoms with Gasteiger partial charge in [0.1, 0.15) is 5.82 Å². The summed E-state index contributed by atoms with van der Waals surface area (Å²) >= 11 is 0. The molecule has 1 aliphatic heterocycles. The number of rotatable bonds is 5. The van der Waals surface area contributed by atoms with Gasteiger partial charge in [-0.25, -0.2) is 4.98 Å². The van der Waals surface area contributed by atoms with Gasteiger partial charge in [0.2, 0.25) is 6.79 Å². The molecule has 6 nitrogen and oxygen atoms in total. The molecule has 23 heavy (non-hydrogen) atoms. The van der Waals surface area contributed by atoms with Gasteiger partial charge >= 0.3 is 0 Å². The number of pyridine rings is 1. The summed E-state index contributed by atoms with van der Waals surface area (Å²) in [6.45, 7) is 0.671. The number of hydrogen-bond acceptors (Lipinski definition) is 5. The zero-order chi connectivity index (χ0) is 15.6. The van der Waals surface area contributed by atoms with Crippen LogP contribution in [-0.2, 0) is 6.54 Å². The number of anilines is 1. The van der Waals surface area contributed by atoms with Gasteiger partial charge in [-0.15, -0.1) is 0 Å². The van der Waals surface area contributed by atoms with Crippen molar-refractivity contribution in [2.75, 3.05) is 12.1 Å². The molecular formula is C17H17N3O3. The largest absolute Gasteiger partial charge is 0.454 e. The third-order valence-corrected chi connectivity index (χ3v) is 3.86. The molecular weight excluding hydrogens is 294 g/mol. The van der Waals surface area contributed by atoms with E-state index in [-0.39, 0.29) is 12.7 Å². The van der Waals surface area contributed by atoms with Crippen molar-refractivity contribution in [1.82, 2.24) is 10.3 Å². The maximum atomic E-state index is 12.4. The number of benzene rings is 1. The minimum Gasteiger partial charge on any atom is -0.454 e. The van der Waals surface area contributed by atoms with E-state index in [2.05, 4.69) is 15.6 Å². The molecule has 1 amide bonds. The molecule has 0 atom stereocenters. The van der Waals surface area contributed by atoms with Crippen LogP contribution < -0.4 is 20.1 Å². The summed E-state index contributed by atoms with van der Waals surface area (Å²) in [7, 11) is 0. The summed E-state index contributed by atoms with van der Waals surface area (Å²) in [5.74, 6) is 1.97. The first-order valence-electron chi connectivity index (χ1n) is 7.68. The fraction of sp³-hybridized carbons (Fsp3) is 0.294. The Labute approximate surface area is 133 Å². The number of ether oxygens (including phenoxy) is 2. The second-order valence-corrected chi connectivity index (χ2v) is 5.69. The number of nitrogens with zero attached hydrogens (tertiary/aromatic N) is 1. The molecule has 1 saturated carbocycles. The second-order valence-electron chi connectivity index (χ2n) is 5.69. The second kappa shape index (κ2) is 5.79. The van der Waals surface area contributed by atoms with E-state index >= 15 is 0 Å². The monoisotopic (exact) mass is 311 g/mol. The highest BCUT2D eigenvalue weighted by atomic mass is 16.7. The summed E-state index contributed by atoms with van der Waals surface area (Å²) in [5, 5.41) is 6.21. The van der Waals surface area contributed by atoms with Crippen molar-refractivity contribution in [3.8, 4) is 11.5 Å². The Kier molecular flexibility index (Phi) is 3.49. The van der Waals surface area contributed by atoms with Gasteiger partial charge in [-0.1, -0.05) is 6.07 Å². The normalized spacial score (nSPS) is 15.3. The lowest BCUT2D eigenvalue weighted by Crippen LogP contribution is -2.24. The van der Waals surface area contributed by atoms with E-state index in [9.17, 15) is 4.79 Å². The average Bonchev–Trinajstić information content (AvgIpc) is 3.26. The van der Waals surface area contributed by atoms with Crippen molar-refractivity contribution in [3.63, 3.8) is 0 Å². The molecule has 4 rings (SSSR count). The molecule has 0 saturated heterocycles. The number of aromatic nitrogens is 1. The molecule has 2 N–H and O–H groups in total. The van der Waals surface area contributed by atoms with Crippen LogP contribution in [-0.4, -0.2) is 23.7 Å². The van der Waals surface area contributed by atoms with Gasteiger partial charge in [-0.2, -0.15) is 0 Å². The number of amides is 1. The number of hydrogen-bond donors (Lipinski definition) is 2.